The van der Waals surface area contributed by atoms with Crippen molar-refractivity contribution in [3.05, 3.63) is 57.8 Å². The van der Waals surface area contributed by atoms with Crippen LogP contribution in [0, 0.1) is 0 Å². The minimum atomic E-state index is -0.447. The van der Waals surface area contributed by atoms with E-state index in [1.165, 1.54) is 23.8 Å². The maximum atomic E-state index is 12.7. The number of hydrogen-bond donors (Lipinski definition) is 2. The van der Waals surface area contributed by atoms with E-state index in [1.807, 2.05) is 0 Å². The number of carbonyl (C=O) groups is 1. The van der Waals surface area contributed by atoms with Crippen molar-refractivity contribution >= 4 is 28.4 Å². The molecule has 0 radical (unpaired) electrons. The van der Waals surface area contributed by atoms with E-state index in [0.717, 1.165) is 6.07 Å². The Labute approximate surface area is 136 Å². The molecule has 0 aliphatic heterocycles. The third kappa shape index (κ3) is 2.55. The zero-order chi connectivity index (χ0) is 16.7. The van der Waals surface area contributed by atoms with Crippen LogP contribution in [0.5, 0.6) is 11.5 Å². The second-order valence-electron chi connectivity index (χ2n) is 5.13. The van der Waals surface area contributed by atoms with E-state index in [4.69, 9.17) is 11.6 Å². The third-order valence-corrected chi connectivity index (χ3v) is 3.78. The average molecular weight is 330 g/mol. The first-order valence-electron chi connectivity index (χ1n) is 6.76. The zero-order valence-electron chi connectivity index (χ0n) is 12.1. The average Bonchev–Trinajstić information content (AvgIpc) is 2.46. The van der Waals surface area contributed by atoms with Crippen molar-refractivity contribution in [3.63, 3.8) is 0 Å². The summed E-state index contributed by atoms with van der Waals surface area (Å²) in [5.41, 5.74) is 0.464. The van der Waals surface area contributed by atoms with Crippen molar-refractivity contribution in [1.82, 2.24) is 4.57 Å². The number of halogens is 1. The fourth-order valence-electron chi connectivity index (χ4n) is 2.53. The molecule has 1 aromatic heterocycles. The van der Waals surface area contributed by atoms with Crippen molar-refractivity contribution in [2.75, 3.05) is 0 Å². The van der Waals surface area contributed by atoms with Crippen molar-refractivity contribution in [2.45, 2.75) is 6.92 Å². The number of fused-ring (bicyclic) bond motifs is 1. The molecule has 2 N–H and O–H groups in total. The lowest BCUT2D eigenvalue weighted by Crippen LogP contribution is -2.15. The summed E-state index contributed by atoms with van der Waals surface area (Å²) >= 11 is 5.96. The molecule has 0 aliphatic carbocycles. The number of hydrogen-bond acceptors (Lipinski definition) is 4. The minimum absolute atomic E-state index is 0.0320. The highest BCUT2D eigenvalue weighted by molar-refractivity contribution is 6.30. The molecule has 0 spiro atoms. The molecule has 116 valence electrons. The van der Waals surface area contributed by atoms with Crippen molar-refractivity contribution in [3.8, 4) is 22.6 Å². The Hall–Kier alpha value is -2.79. The Morgan fingerprint density at radius 2 is 1.91 bits per heavy atom. The Morgan fingerprint density at radius 3 is 2.57 bits per heavy atom. The Morgan fingerprint density at radius 1 is 1.17 bits per heavy atom. The van der Waals surface area contributed by atoms with E-state index >= 15 is 0 Å². The highest BCUT2D eigenvalue weighted by Crippen LogP contribution is 2.30. The summed E-state index contributed by atoms with van der Waals surface area (Å²) in [6.07, 6.45) is 1.39. The molecule has 6 heteroatoms. The van der Waals surface area contributed by atoms with Crippen LogP contribution >= 0.6 is 11.6 Å². The largest absolute Gasteiger partial charge is 0.508 e. The topological polar surface area (TPSA) is 79.5 Å². The molecule has 0 atom stereocenters. The van der Waals surface area contributed by atoms with Crippen molar-refractivity contribution < 1.29 is 15.0 Å². The summed E-state index contributed by atoms with van der Waals surface area (Å²) in [5, 5.41) is 20.1. The maximum absolute atomic E-state index is 12.7. The van der Waals surface area contributed by atoms with E-state index in [-0.39, 0.29) is 33.9 Å². The quantitative estimate of drug-likeness (QED) is 0.717. The van der Waals surface area contributed by atoms with Gasteiger partial charge in [0.1, 0.15) is 11.5 Å². The van der Waals surface area contributed by atoms with Crippen molar-refractivity contribution in [2.24, 2.45) is 0 Å². The lowest BCUT2D eigenvalue weighted by atomic mass is 10.0. The summed E-state index contributed by atoms with van der Waals surface area (Å²) in [6.45, 7) is 1.33. The Kier molecular flexibility index (Phi) is 3.58. The van der Waals surface area contributed by atoms with Gasteiger partial charge in [0.25, 0.3) is 0 Å². The first-order valence-corrected chi connectivity index (χ1v) is 7.14. The normalized spacial score (nSPS) is 10.9. The van der Waals surface area contributed by atoms with E-state index in [1.54, 1.807) is 24.3 Å². The van der Waals surface area contributed by atoms with Gasteiger partial charge in [-0.2, -0.15) is 0 Å². The molecule has 1 heterocycles. The molecule has 0 amide bonds. The Balaban J connectivity index is 2.48. The number of nitrogens with zero attached hydrogens (tertiary/aromatic N) is 1. The SMILES string of the molecule is CC(=O)n1cc(-c2cccc(Cl)c2)c(=O)c2c(O)cc(O)cc21. The molecule has 0 bridgehead atoms. The minimum Gasteiger partial charge on any atom is -0.508 e. The lowest BCUT2D eigenvalue weighted by Gasteiger charge is -2.12. The highest BCUT2D eigenvalue weighted by atomic mass is 35.5. The number of pyridine rings is 1. The molecule has 23 heavy (non-hydrogen) atoms. The molecular formula is C17H12ClNO4. The predicted octanol–water partition coefficient (Wildman–Crippen LogP) is 3.39. The van der Waals surface area contributed by atoms with E-state index < -0.39 is 5.43 Å². The Bertz CT molecular complexity index is 1010. The third-order valence-electron chi connectivity index (χ3n) is 3.55. The van der Waals surface area contributed by atoms with Crippen LogP contribution in [0.3, 0.4) is 0 Å². The van der Waals surface area contributed by atoms with Crippen LogP contribution in [-0.4, -0.2) is 20.7 Å². The number of phenols is 2. The van der Waals surface area contributed by atoms with Gasteiger partial charge in [-0.15, -0.1) is 0 Å². The van der Waals surface area contributed by atoms with Gasteiger partial charge >= 0.3 is 0 Å². The standard InChI is InChI=1S/C17H12ClNO4/c1-9(20)19-8-13(10-3-2-4-11(18)5-10)17(23)16-14(19)6-12(21)7-15(16)22/h2-8,21-22H,1H3. The van der Waals surface area contributed by atoms with Crippen LogP contribution in [0.15, 0.2) is 47.4 Å². The number of aromatic hydroxyl groups is 2. The van der Waals surface area contributed by atoms with Crippen LogP contribution in [-0.2, 0) is 0 Å². The van der Waals surface area contributed by atoms with Gasteiger partial charge in [0.05, 0.1) is 10.9 Å². The molecule has 3 aromatic rings. The van der Waals surface area contributed by atoms with Crippen LogP contribution in [0.1, 0.15) is 11.7 Å². The lowest BCUT2D eigenvalue weighted by molar-refractivity contribution is 0.0941. The molecule has 2 aromatic carbocycles. The van der Waals surface area contributed by atoms with Gasteiger partial charge in [-0.25, -0.2) is 0 Å². The summed E-state index contributed by atoms with van der Waals surface area (Å²) in [4.78, 5) is 24.7. The predicted molar refractivity (Wildman–Crippen MR) is 88.3 cm³/mol. The van der Waals surface area contributed by atoms with Crippen LogP contribution in [0.2, 0.25) is 5.02 Å². The summed E-state index contributed by atoms with van der Waals surface area (Å²) in [5.74, 6) is -0.980. The molecular weight excluding hydrogens is 318 g/mol. The number of carbonyl (C=O) groups excluding carboxylic acids is 1. The van der Waals surface area contributed by atoms with Gasteiger partial charge in [-0.3, -0.25) is 14.2 Å². The van der Waals surface area contributed by atoms with Crippen LogP contribution in [0.25, 0.3) is 22.0 Å². The number of benzene rings is 2. The smallest absolute Gasteiger partial charge is 0.227 e. The molecule has 3 rings (SSSR count). The van der Waals surface area contributed by atoms with Gasteiger partial charge in [0, 0.05) is 35.8 Å². The second-order valence-corrected chi connectivity index (χ2v) is 5.57. The van der Waals surface area contributed by atoms with Gasteiger partial charge in [0.15, 0.2) is 0 Å². The summed E-state index contributed by atoms with van der Waals surface area (Å²) < 4.78 is 1.21. The molecule has 0 saturated carbocycles. The zero-order valence-corrected chi connectivity index (χ0v) is 12.8. The van der Waals surface area contributed by atoms with Gasteiger partial charge in [0.2, 0.25) is 11.3 Å². The van der Waals surface area contributed by atoms with Gasteiger partial charge in [-0.1, -0.05) is 23.7 Å². The number of phenolic OH excluding ortho intramolecular Hbond substituents is 2. The molecule has 5 nitrogen and oxygen atoms in total. The monoisotopic (exact) mass is 329 g/mol. The summed E-state index contributed by atoms with van der Waals surface area (Å²) in [7, 11) is 0. The fourth-order valence-corrected chi connectivity index (χ4v) is 2.72. The second kappa shape index (κ2) is 5.44. The van der Waals surface area contributed by atoms with Gasteiger partial charge < -0.3 is 10.2 Å². The first kappa shape index (κ1) is 15.1. The van der Waals surface area contributed by atoms with E-state index in [0.29, 0.717) is 10.6 Å². The first-order chi connectivity index (χ1) is 10.9. The molecule has 0 saturated heterocycles. The van der Waals surface area contributed by atoms with Crippen molar-refractivity contribution in [1.29, 1.82) is 0 Å². The highest BCUT2D eigenvalue weighted by Gasteiger charge is 2.17. The number of rotatable bonds is 1. The van der Waals surface area contributed by atoms with E-state index in [9.17, 15) is 19.8 Å². The van der Waals surface area contributed by atoms with Crippen LogP contribution in [0.4, 0.5) is 0 Å². The van der Waals surface area contributed by atoms with Gasteiger partial charge in [-0.05, 0) is 17.7 Å². The van der Waals surface area contributed by atoms with E-state index in [2.05, 4.69) is 0 Å². The fraction of sp³-hybridized carbons (Fsp3) is 0.0588. The molecule has 0 fully saturated rings. The maximum Gasteiger partial charge on any atom is 0.227 e. The number of aromatic nitrogens is 1. The van der Waals surface area contributed by atoms with Crippen LogP contribution < -0.4 is 5.43 Å². The summed E-state index contributed by atoms with van der Waals surface area (Å²) in [6, 6.07) is 8.99. The molecule has 0 aliphatic rings. The molecule has 0 unspecified atom stereocenters.